The van der Waals surface area contributed by atoms with Gasteiger partial charge in [-0.3, -0.25) is 4.79 Å². The molecule has 0 fully saturated rings. The van der Waals surface area contributed by atoms with E-state index in [0.29, 0.717) is 29.0 Å². The van der Waals surface area contributed by atoms with Crippen molar-refractivity contribution in [2.45, 2.75) is 52.6 Å². The van der Waals surface area contributed by atoms with Crippen molar-refractivity contribution in [1.29, 1.82) is 0 Å². The van der Waals surface area contributed by atoms with Crippen LogP contribution in [0.2, 0.25) is 0 Å². The van der Waals surface area contributed by atoms with Crippen LogP contribution in [0.3, 0.4) is 0 Å². The van der Waals surface area contributed by atoms with Crippen LogP contribution in [0.15, 0.2) is 6.07 Å². The van der Waals surface area contributed by atoms with Crippen molar-refractivity contribution < 1.29 is 19.4 Å². The van der Waals surface area contributed by atoms with Crippen LogP contribution in [0.5, 0.6) is 17.2 Å². The van der Waals surface area contributed by atoms with Crippen LogP contribution in [0.25, 0.3) is 0 Å². The second kappa shape index (κ2) is 5.58. The highest BCUT2D eigenvalue weighted by molar-refractivity contribution is 6.03. The van der Waals surface area contributed by atoms with Crippen molar-refractivity contribution in [2.75, 3.05) is 7.11 Å². The van der Waals surface area contributed by atoms with Gasteiger partial charge in [-0.15, -0.1) is 0 Å². The van der Waals surface area contributed by atoms with Crippen LogP contribution < -0.4 is 9.47 Å². The van der Waals surface area contributed by atoms with E-state index in [1.165, 1.54) is 13.2 Å². The second-order valence-corrected chi connectivity index (χ2v) is 6.32. The summed E-state index contributed by atoms with van der Waals surface area (Å²) in [6.45, 7) is 7.86. The standard InChI is InChI=1S/C17H24O4/c1-6-10(2)15(19)14-13(20-5)9-12(18)11-7-8-17(3,4)21-16(11)14/h9-10,18H,6-8H2,1-5H3. The lowest BCUT2D eigenvalue weighted by molar-refractivity contribution is 0.0772. The largest absolute Gasteiger partial charge is 0.507 e. The first kappa shape index (κ1) is 15.7. The number of phenols is 1. The fourth-order valence-electron chi connectivity index (χ4n) is 2.60. The predicted octanol–water partition coefficient (Wildman–Crippen LogP) is 3.73. The molecule has 2 rings (SSSR count). The molecule has 0 saturated carbocycles. The SMILES string of the molecule is CCC(C)C(=O)c1c(OC)cc(O)c2c1OC(C)(C)CC2. The quantitative estimate of drug-likeness (QED) is 0.859. The molecule has 1 heterocycles. The maximum absolute atomic E-state index is 12.7. The summed E-state index contributed by atoms with van der Waals surface area (Å²) in [4.78, 5) is 12.7. The van der Waals surface area contributed by atoms with Gasteiger partial charge in [0.05, 0.1) is 7.11 Å². The van der Waals surface area contributed by atoms with Crippen LogP contribution in [0, 0.1) is 5.92 Å². The van der Waals surface area contributed by atoms with Crippen LogP contribution in [-0.4, -0.2) is 23.6 Å². The van der Waals surface area contributed by atoms with Gasteiger partial charge >= 0.3 is 0 Å². The normalized spacial score (nSPS) is 17.6. The van der Waals surface area contributed by atoms with Crippen molar-refractivity contribution in [3.05, 3.63) is 17.2 Å². The topological polar surface area (TPSA) is 55.8 Å². The smallest absolute Gasteiger partial charge is 0.173 e. The molecule has 21 heavy (non-hydrogen) atoms. The van der Waals surface area contributed by atoms with Gasteiger partial charge in [0, 0.05) is 17.5 Å². The molecule has 0 bridgehead atoms. The first-order valence-corrected chi connectivity index (χ1v) is 7.46. The molecular weight excluding hydrogens is 268 g/mol. The van der Waals surface area contributed by atoms with Gasteiger partial charge in [0.25, 0.3) is 0 Å². The molecule has 1 aliphatic rings. The highest BCUT2D eigenvalue weighted by Gasteiger charge is 2.34. The van der Waals surface area contributed by atoms with Gasteiger partial charge in [0.15, 0.2) is 5.78 Å². The number of benzene rings is 1. The maximum atomic E-state index is 12.7. The molecule has 116 valence electrons. The Bertz CT molecular complexity index is 560. The van der Waals surface area contributed by atoms with Crippen molar-refractivity contribution in [3.63, 3.8) is 0 Å². The monoisotopic (exact) mass is 292 g/mol. The van der Waals surface area contributed by atoms with Gasteiger partial charge in [-0.25, -0.2) is 0 Å². The Morgan fingerprint density at radius 1 is 1.52 bits per heavy atom. The van der Waals surface area contributed by atoms with Gasteiger partial charge in [0.2, 0.25) is 0 Å². The Kier molecular flexibility index (Phi) is 4.17. The van der Waals surface area contributed by atoms with E-state index in [9.17, 15) is 9.90 Å². The molecule has 0 aromatic heterocycles. The lowest BCUT2D eigenvalue weighted by atomic mass is 9.88. The van der Waals surface area contributed by atoms with Gasteiger partial charge in [-0.2, -0.15) is 0 Å². The summed E-state index contributed by atoms with van der Waals surface area (Å²) in [5.74, 6) is 0.908. The lowest BCUT2D eigenvalue weighted by Gasteiger charge is -2.34. The average molecular weight is 292 g/mol. The summed E-state index contributed by atoms with van der Waals surface area (Å²) >= 11 is 0. The fraction of sp³-hybridized carbons (Fsp3) is 0.588. The van der Waals surface area contributed by atoms with Crippen LogP contribution in [-0.2, 0) is 6.42 Å². The summed E-state index contributed by atoms with van der Waals surface area (Å²) < 4.78 is 11.3. The van der Waals surface area contributed by atoms with E-state index in [0.717, 1.165) is 12.8 Å². The number of methoxy groups -OCH3 is 1. The fourth-order valence-corrected chi connectivity index (χ4v) is 2.60. The molecule has 1 atom stereocenters. The van der Waals surface area contributed by atoms with Crippen molar-refractivity contribution in [2.24, 2.45) is 5.92 Å². The Morgan fingerprint density at radius 2 is 2.19 bits per heavy atom. The summed E-state index contributed by atoms with van der Waals surface area (Å²) in [6, 6.07) is 1.52. The lowest BCUT2D eigenvalue weighted by Crippen LogP contribution is -2.34. The summed E-state index contributed by atoms with van der Waals surface area (Å²) in [7, 11) is 1.50. The minimum Gasteiger partial charge on any atom is -0.507 e. The second-order valence-electron chi connectivity index (χ2n) is 6.32. The first-order valence-electron chi connectivity index (χ1n) is 7.46. The van der Waals surface area contributed by atoms with Gasteiger partial charge in [0.1, 0.15) is 28.4 Å². The minimum atomic E-state index is -0.351. The molecule has 1 N–H and O–H groups in total. The van der Waals surface area contributed by atoms with Crippen molar-refractivity contribution >= 4 is 5.78 Å². The predicted molar refractivity (Wildman–Crippen MR) is 81.5 cm³/mol. The summed E-state index contributed by atoms with van der Waals surface area (Å²) in [6.07, 6.45) is 2.25. The summed E-state index contributed by atoms with van der Waals surface area (Å²) in [5.41, 5.74) is 0.824. The third-order valence-corrected chi connectivity index (χ3v) is 4.21. The molecule has 0 spiro atoms. The first-order chi connectivity index (χ1) is 9.80. The van der Waals surface area contributed by atoms with Crippen LogP contribution >= 0.6 is 0 Å². The number of rotatable bonds is 4. The summed E-state index contributed by atoms with van der Waals surface area (Å²) in [5, 5.41) is 10.2. The Labute approximate surface area is 126 Å². The molecule has 0 aliphatic carbocycles. The number of phenolic OH excluding ortho intramolecular Hbond substituents is 1. The van der Waals surface area contributed by atoms with E-state index in [-0.39, 0.29) is 23.1 Å². The zero-order valence-electron chi connectivity index (χ0n) is 13.4. The molecule has 1 unspecified atom stereocenters. The van der Waals surface area contributed by atoms with Gasteiger partial charge in [-0.1, -0.05) is 13.8 Å². The molecule has 1 aromatic carbocycles. The van der Waals surface area contributed by atoms with Crippen molar-refractivity contribution in [3.8, 4) is 17.2 Å². The number of ketones is 1. The molecule has 1 aromatic rings. The molecule has 4 heteroatoms. The van der Waals surface area contributed by atoms with Crippen LogP contribution in [0.4, 0.5) is 0 Å². The van der Waals surface area contributed by atoms with E-state index >= 15 is 0 Å². The molecular formula is C17H24O4. The minimum absolute atomic E-state index is 0.00306. The molecule has 0 saturated heterocycles. The van der Waals surface area contributed by atoms with Crippen molar-refractivity contribution in [1.82, 2.24) is 0 Å². The maximum Gasteiger partial charge on any atom is 0.173 e. The molecule has 0 radical (unpaired) electrons. The Morgan fingerprint density at radius 3 is 2.76 bits per heavy atom. The van der Waals surface area contributed by atoms with Gasteiger partial charge in [-0.05, 0) is 33.1 Å². The van der Waals surface area contributed by atoms with E-state index in [1.807, 2.05) is 27.7 Å². The third-order valence-electron chi connectivity index (χ3n) is 4.21. The number of Topliss-reactive ketones (excluding diaryl/α,β-unsaturated/α-hetero) is 1. The third kappa shape index (κ3) is 2.85. The highest BCUT2D eigenvalue weighted by Crippen LogP contribution is 2.45. The van der Waals surface area contributed by atoms with Gasteiger partial charge < -0.3 is 14.6 Å². The number of carbonyl (C=O) groups excluding carboxylic acids is 1. The number of carbonyl (C=O) groups is 1. The Balaban J connectivity index is 2.64. The number of hydrogen-bond donors (Lipinski definition) is 1. The Hall–Kier alpha value is -1.71. The zero-order chi connectivity index (χ0) is 15.8. The van der Waals surface area contributed by atoms with Crippen LogP contribution in [0.1, 0.15) is 56.5 Å². The number of ether oxygens (including phenoxy) is 2. The number of fused-ring (bicyclic) bond motifs is 1. The number of hydrogen-bond acceptors (Lipinski definition) is 4. The zero-order valence-corrected chi connectivity index (χ0v) is 13.4. The highest BCUT2D eigenvalue weighted by atomic mass is 16.5. The van der Waals surface area contributed by atoms with E-state index < -0.39 is 0 Å². The average Bonchev–Trinajstić information content (AvgIpc) is 2.44. The van der Waals surface area contributed by atoms with E-state index in [2.05, 4.69) is 0 Å². The molecule has 0 amide bonds. The van der Waals surface area contributed by atoms with E-state index in [1.54, 1.807) is 0 Å². The molecule has 1 aliphatic heterocycles. The number of aromatic hydroxyl groups is 1. The van der Waals surface area contributed by atoms with E-state index in [4.69, 9.17) is 9.47 Å². The molecule has 4 nitrogen and oxygen atoms in total.